The van der Waals surface area contributed by atoms with E-state index in [-0.39, 0.29) is 42.5 Å². The predicted molar refractivity (Wildman–Crippen MR) is 103 cm³/mol. The third-order valence-electron chi connectivity index (χ3n) is 3.62. The minimum atomic E-state index is -0.0224. The predicted octanol–water partition coefficient (Wildman–Crippen LogP) is 0.510. The van der Waals surface area contributed by atoms with Gasteiger partial charge in [0, 0.05) is 51.9 Å². The zero-order valence-corrected chi connectivity index (χ0v) is 16.8. The Morgan fingerprint density at radius 1 is 1.38 bits per heavy atom. The van der Waals surface area contributed by atoms with Gasteiger partial charge in [-0.3, -0.25) is 14.7 Å². The van der Waals surface area contributed by atoms with Crippen LogP contribution in [0.2, 0.25) is 0 Å². The summed E-state index contributed by atoms with van der Waals surface area (Å²) >= 11 is 0. The third kappa shape index (κ3) is 6.63. The van der Waals surface area contributed by atoms with Crippen molar-refractivity contribution >= 4 is 35.8 Å². The first-order chi connectivity index (χ1) is 11.1. The number of hydrogen-bond acceptors (Lipinski definition) is 5. The molecule has 136 valence electrons. The summed E-state index contributed by atoms with van der Waals surface area (Å²) in [6.07, 6.45) is 1.60. The number of nitrogens with zero attached hydrogens (tertiary/aromatic N) is 4. The lowest BCUT2D eigenvalue weighted by atomic mass is 10.3. The molecule has 8 nitrogen and oxygen atoms in total. The first-order valence-electron chi connectivity index (χ1n) is 7.95. The number of carbonyl (C=O) groups excluding carboxylic acids is 1. The van der Waals surface area contributed by atoms with Crippen molar-refractivity contribution in [2.24, 2.45) is 4.99 Å². The Labute approximate surface area is 160 Å². The van der Waals surface area contributed by atoms with Gasteiger partial charge in [0.1, 0.15) is 6.26 Å². The Bertz CT molecular complexity index is 512. The summed E-state index contributed by atoms with van der Waals surface area (Å²) < 4.78 is 4.86. The molecule has 0 radical (unpaired) electrons. The van der Waals surface area contributed by atoms with E-state index < -0.39 is 0 Å². The number of rotatable bonds is 5. The number of halogens is 1. The Morgan fingerprint density at radius 2 is 2.08 bits per heavy atom. The molecule has 0 unspecified atom stereocenters. The molecule has 1 aromatic rings. The number of aromatic nitrogens is 1. The van der Waals surface area contributed by atoms with Gasteiger partial charge in [-0.1, -0.05) is 5.16 Å². The van der Waals surface area contributed by atoms with Gasteiger partial charge in [0.15, 0.2) is 5.96 Å². The van der Waals surface area contributed by atoms with Gasteiger partial charge in [0.05, 0.1) is 12.2 Å². The quantitative estimate of drug-likeness (QED) is 0.387. The number of nitrogens with one attached hydrogen (secondary N) is 2. The van der Waals surface area contributed by atoms with Crippen LogP contribution in [0.5, 0.6) is 0 Å². The Morgan fingerprint density at radius 3 is 2.62 bits per heavy atom. The van der Waals surface area contributed by atoms with E-state index in [0.29, 0.717) is 0 Å². The smallest absolute Gasteiger partial charge is 0.239 e. The third-order valence-corrected chi connectivity index (χ3v) is 3.62. The van der Waals surface area contributed by atoms with E-state index in [1.165, 1.54) is 0 Å². The van der Waals surface area contributed by atoms with Gasteiger partial charge in [-0.05, 0) is 13.8 Å². The Kier molecular flexibility index (Phi) is 9.04. The lowest BCUT2D eigenvalue weighted by Gasteiger charge is -2.36. The van der Waals surface area contributed by atoms with Crippen molar-refractivity contribution < 1.29 is 9.32 Å². The first kappa shape index (κ1) is 20.7. The molecule has 0 saturated carbocycles. The molecule has 1 amide bonds. The fraction of sp³-hybridized carbons (Fsp3) is 0.667. The van der Waals surface area contributed by atoms with Gasteiger partial charge < -0.3 is 20.1 Å². The highest BCUT2D eigenvalue weighted by molar-refractivity contribution is 14.0. The molecule has 0 spiro atoms. The highest BCUT2D eigenvalue weighted by Gasteiger charge is 2.20. The second-order valence-corrected chi connectivity index (χ2v) is 5.88. The molecule has 2 N–H and O–H groups in total. The molecule has 0 aromatic carbocycles. The van der Waals surface area contributed by atoms with Crippen LogP contribution in [0.15, 0.2) is 21.8 Å². The summed E-state index contributed by atoms with van der Waals surface area (Å²) in [6, 6.07) is 2.03. The number of guanidine groups is 1. The second-order valence-electron chi connectivity index (χ2n) is 5.88. The van der Waals surface area contributed by atoms with Crippen molar-refractivity contribution in [3.8, 4) is 0 Å². The summed E-state index contributed by atoms with van der Waals surface area (Å²) in [5, 5.41) is 9.92. The van der Waals surface area contributed by atoms with Crippen LogP contribution in [-0.2, 0) is 11.3 Å². The summed E-state index contributed by atoms with van der Waals surface area (Å²) in [6.45, 7) is 8.50. The van der Waals surface area contributed by atoms with Crippen LogP contribution >= 0.6 is 24.0 Å². The first-order valence-corrected chi connectivity index (χ1v) is 7.95. The van der Waals surface area contributed by atoms with Crippen molar-refractivity contribution in [2.45, 2.75) is 26.4 Å². The molecule has 1 fully saturated rings. The van der Waals surface area contributed by atoms with Crippen LogP contribution in [0.25, 0.3) is 0 Å². The van der Waals surface area contributed by atoms with Crippen LogP contribution < -0.4 is 10.6 Å². The molecule has 2 rings (SSSR count). The van der Waals surface area contributed by atoms with Gasteiger partial charge in [-0.15, -0.1) is 24.0 Å². The largest absolute Gasteiger partial charge is 0.364 e. The van der Waals surface area contributed by atoms with Crippen LogP contribution in [0, 0.1) is 0 Å². The molecule has 0 atom stereocenters. The Balaban J connectivity index is 0.00000288. The number of aliphatic imine (C=N–C) groups is 1. The molecule has 2 heterocycles. The van der Waals surface area contributed by atoms with Crippen LogP contribution in [0.1, 0.15) is 19.5 Å². The summed E-state index contributed by atoms with van der Waals surface area (Å²) in [5.41, 5.74) is 0.950. The normalized spacial score (nSPS) is 16.0. The molecule has 24 heavy (non-hydrogen) atoms. The van der Waals surface area contributed by atoms with Gasteiger partial charge in [0.25, 0.3) is 0 Å². The average Bonchev–Trinajstić information content (AvgIpc) is 3.01. The van der Waals surface area contributed by atoms with Gasteiger partial charge in [-0.2, -0.15) is 0 Å². The highest BCUT2D eigenvalue weighted by Crippen LogP contribution is 2.07. The molecule has 1 aliphatic rings. The second kappa shape index (κ2) is 10.5. The van der Waals surface area contributed by atoms with Crippen molar-refractivity contribution in [3.63, 3.8) is 0 Å². The van der Waals surface area contributed by atoms with E-state index in [1.54, 1.807) is 13.3 Å². The minimum Gasteiger partial charge on any atom is -0.364 e. The van der Waals surface area contributed by atoms with Crippen LogP contribution in [0.3, 0.4) is 0 Å². The molecule has 1 saturated heterocycles. The van der Waals surface area contributed by atoms with E-state index >= 15 is 0 Å². The van der Waals surface area contributed by atoms with Gasteiger partial charge in [-0.25, -0.2) is 0 Å². The van der Waals surface area contributed by atoms with Crippen molar-refractivity contribution in [1.29, 1.82) is 0 Å². The fourth-order valence-corrected chi connectivity index (χ4v) is 2.53. The molecule has 9 heteroatoms. The highest BCUT2D eigenvalue weighted by atomic mass is 127. The number of piperazine rings is 1. The lowest BCUT2D eigenvalue weighted by molar-refractivity contribution is -0.120. The SMILES string of the molecule is CN=C(NCC(=O)NC(C)C)N1CCN(Cc2ccon2)CC1.I. The maximum Gasteiger partial charge on any atom is 0.239 e. The zero-order valence-electron chi connectivity index (χ0n) is 14.5. The standard InChI is InChI=1S/C15H26N6O2.HI/c1-12(2)18-14(22)10-17-15(16-3)21-7-5-20(6-8-21)11-13-4-9-23-19-13;/h4,9,12H,5-8,10-11H2,1-3H3,(H,16,17)(H,18,22);1H. The Hall–Kier alpha value is -1.36. The molecular weight excluding hydrogens is 423 g/mol. The fourth-order valence-electron chi connectivity index (χ4n) is 2.53. The average molecular weight is 450 g/mol. The van der Waals surface area contributed by atoms with Crippen molar-refractivity contribution in [1.82, 2.24) is 25.6 Å². The molecular formula is C15H27IN6O2. The number of amides is 1. The van der Waals surface area contributed by atoms with E-state index in [9.17, 15) is 4.79 Å². The van der Waals surface area contributed by atoms with E-state index in [4.69, 9.17) is 4.52 Å². The summed E-state index contributed by atoms with van der Waals surface area (Å²) in [7, 11) is 1.74. The molecule has 1 aromatic heterocycles. The minimum absolute atomic E-state index is 0. The van der Waals surface area contributed by atoms with E-state index in [0.717, 1.165) is 44.4 Å². The summed E-state index contributed by atoms with van der Waals surface area (Å²) in [5.74, 6) is 0.746. The number of carbonyl (C=O) groups is 1. The van der Waals surface area contributed by atoms with E-state index in [1.807, 2.05) is 19.9 Å². The monoisotopic (exact) mass is 450 g/mol. The van der Waals surface area contributed by atoms with Crippen LogP contribution in [0.4, 0.5) is 0 Å². The lowest BCUT2D eigenvalue weighted by Crippen LogP contribution is -2.53. The molecule has 1 aliphatic heterocycles. The van der Waals surface area contributed by atoms with Crippen molar-refractivity contribution in [3.05, 3.63) is 18.0 Å². The molecule has 0 aliphatic carbocycles. The van der Waals surface area contributed by atoms with Crippen LogP contribution in [-0.4, -0.2) is 72.6 Å². The van der Waals surface area contributed by atoms with Gasteiger partial charge >= 0.3 is 0 Å². The van der Waals surface area contributed by atoms with E-state index in [2.05, 4.69) is 30.6 Å². The zero-order chi connectivity index (χ0) is 16.7. The maximum atomic E-state index is 11.7. The van der Waals surface area contributed by atoms with Gasteiger partial charge in [0.2, 0.25) is 5.91 Å². The topological polar surface area (TPSA) is 86.0 Å². The van der Waals surface area contributed by atoms with Crippen molar-refractivity contribution in [2.75, 3.05) is 39.8 Å². The maximum absolute atomic E-state index is 11.7. The molecule has 0 bridgehead atoms. The summed E-state index contributed by atoms with van der Waals surface area (Å²) in [4.78, 5) is 20.5. The number of hydrogen-bond donors (Lipinski definition) is 2.